The monoisotopic (exact) mass is 237 g/mol. The minimum atomic E-state index is -0.108. The van der Waals surface area contributed by atoms with Gasteiger partial charge in [-0.1, -0.05) is 6.07 Å². The molecule has 1 aliphatic heterocycles. The number of ether oxygens (including phenoxy) is 3. The van der Waals surface area contributed by atoms with Gasteiger partial charge in [-0.15, -0.1) is 0 Å². The summed E-state index contributed by atoms with van der Waals surface area (Å²) in [7, 11) is 3.30. The maximum Gasteiger partial charge on any atom is 0.127 e. The first kappa shape index (κ1) is 12.2. The molecule has 1 aliphatic rings. The molecule has 2 atom stereocenters. The number of hydrogen-bond acceptors (Lipinski definition) is 4. The summed E-state index contributed by atoms with van der Waals surface area (Å²) >= 11 is 0. The Hall–Kier alpha value is -1.26. The highest BCUT2D eigenvalue weighted by atomic mass is 16.5. The third kappa shape index (κ3) is 2.37. The van der Waals surface area contributed by atoms with Crippen LogP contribution in [0.25, 0.3) is 0 Å². The van der Waals surface area contributed by atoms with E-state index in [0.29, 0.717) is 12.5 Å². The molecule has 1 saturated heterocycles. The van der Waals surface area contributed by atoms with E-state index in [1.54, 1.807) is 14.2 Å². The van der Waals surface area contributed by atoms with Gasteiger partial charge in [-0.3, -0.25) is 0 Å². The summed E-state index contributed by atoms with van der Waals surface area (Å²) in [6.45, 7) is 1.50. The fourth-order valence-electron chi connectivity index (χ4n) is 2.28. The van der Waals surface area contributed by atoms with Crippen LogP contribution in [0.1, 0.15) is 18.0 Å². The molecule has 2 N–H and O–H groups in total. The van der Waals surface area contributed by atoms with Gasteiger partial charge >= 0.3 is 0 Å². The van der Waals surface area contributed by atoms with Gasteiger partial charge < -0.3 is 19.9 Å². The molecule has 4 heteroatoms. The number of benzene rings is 1. The zero-order chi connectivity index (χ0) is 12.3. The minimum Gasteiger partial charge on any atom is -0.496 e. The molecule has 94 valence electrons. The lowest BCUT2D eigenvalue weighted by Gasteiger charge is -2.22. The Morgan fingerprint density at radius 1 is 1.29 bits per heavy atom. The van der Waals surface area contributed by atoms with Gasteiger partial charge in [0, 0.05) is 18.6 Å². The van der Waals surface area contributed by atoms with Crippen LogP contribution in [0.4, 0.5) is 0 Å². The maximum absolute atomic E-state index is 6.31. The van der Waals surface area contributed by atoms with Gasteiger partial charge in [0.05, 0.1) is 26.4 Å². The van der Waals surface area contributed by atoms with Crippen LogP contribution in [-0.2, 0) is 4.74 Å². The molecule has 0 aromatic heterocycles. The van der Waals surface area contributed by atoms with Crippen LogP contribution in [0.15, 0.2) is 18.2 Å². The molecule has 1 fully saturated rings. The lowest BCUT2D eigenvalue weighted by atomic mass is 9.92. The lowest BCUT2D eigenvalue weighted by molar-refractivity contribution is 0.180. The van der Waals surface area contributed by atoms with Crippen LogP contribution in [0.2, 0.25) is 0 Å². The van der Waals surface area contributed by atoms with Crippen LogP contribution in [0.5, 0.6) is 11.5 Å². The largest absolute Gasteiger partial charge is 0.496 e. The first-order valence-corrected chi connectivity index (χ1v) is 5.82. The third-order valence-electron chi connectivity index (χ3n) is 3.27. The Bertz CT molecular complexity index is 353. The van der Waals surface area contributed by atoms with E-state index in [9.17, 15) is 0 Å². The van der Waals surface area contributed by atoms with Crippen molar-refractivity contribution in [1.82, 2.24) is 0 Å². The van der Waals surface area contributed by atoms with Gasteiger partial charge in [0.15, 0.2) is 0 Å². The van der Waals surface area contributed by atoms with Gasteiger partial charge in [0.25, 0.3) is 0 Å². The van der Waals surface area contributed by atoms with Crippen molar-refractivity contribution in [2.24, 2.45) is 11.7 Å². The highest BCUT2D eigenvalue weighted by Gasteiger charge is 2.28. The highest BCUT2D eigenvalue weighted by molar-refractivity contribution is 5.47. The van der Waals surface area contributed by atoms with E-state index < -0.39 is 0 Å². The number of nitrogens with two attached hydrogens (primary N) is 1. The molecule has 0 bridgehead atoms. The van der Waals surface area contributed by atoms with Crippen LogP contribution in [0.3, 0.4) is 0 Å². The smallest absolute Gasteiger partial charge is 0.127 e. The molecule has 0 spiro atoms. The standard InChI is InChI=1S/C13H19NO3/c1-15-10-4-3-5-11(16-2)12(10)13(14)9-6-7-17-8-9/h3-5,9,13H,6-8,14H2,1-2H3. The van der Waals surface area contributed by atoms with Crippen molar-refractivity contribution in [3.8, 4) is 11.5 Å². The number of hydrogen-bond donors (Lipinski definition) is 1. The molecule has 2 rings (SSSR count). The van der Waals surface area contributed by atoms with Crippen molar-refractivity contribution in [2.45, 2.75) is 12.5 Å². The summed E-state index contributed by atoms with van der Waals surface area (Å²) in [5, 5.41) is 0. The van der Waals surface area contributed by atoms with Crippen molar-refractivity contribution in [1.29, 1.82) is 0 Å². The van der Waals surface area contributed by atoms with E-state index in [2.05, 4.69) is 0 Å². The van der Waals surface area contributed by atoms with Crippen molar-refractivity contribution in [3.63, 3.8) is 0 Å². The Balaban J connectivity index is 2.33. The Labute approximate surface area is 102 Å². The van der Waals surface area contributed by atoms with Crippen LogP contribution < -0.4 is 15.2 Å². The molecule has 0 saturated carbocycles. The van der Waals surface area contributed by atoms with Crippen LogP contribution in [-0.4, -0.2) is 27.4 Å². The van der Waals surface area contributed by atoms with Gasteiger partial charge in [0.2, 0.25) is 0 Å². The average molecular weight is 237 g/mol. The van der Waals surface area contributed by atoms with Crippen molar-refractivity contribution in [3.05, 3.63) is 23.8 Å². The van der Waals surface area contributed by atoms with Crippen molar-refractivity contribution in [2.75, 3.05) is 27.4 Å². The van der Waals surface area contributed by atoms with E-state index in [-0.39, 0.29) is 6.04 Å². The van der Waals surface area contributed by atoms with E-state index in [1.165, 1.54) is 0 Å². The van der Waals surface area contributed by atoms with Crippen LogP contribution >= 0.6 is 0 Å². The number of rotatable bonds is 4. The van der Waals surface area contributed by atoms with Gasteiger partial charge in [-0.05, 0) is 18.6 Å². The van der Waals surface area contributed by atoms with E-state index in [4.69, 9.17) is 19.9 Å². The summed E-state index contributed by atoms with van der Waals surface area (Å²) < 4.78 is 16.1. The summed E-state index contributed by atoms with van der Waals surface area (Å²) in [6, 6.07) is 5.61. The molecule has 4 nitrogen and oxygen atoms in total. The molecule has 2 unspecified atom stereocenters. The Morgan fingerprint density at radius 3 is 2.41 bits per heavy atom. The van der Waals surface area contributed by atoms with Gasteiger partial charge in [0.1, 0.15) is 11.5 Å². The third-order valence-corrected chi connectivity index (χ3v) is 3.27. The molecular formula is C13H19NO3. The predicted octanol–water partition coefficient (Wildman–Crippen LogP) is 1.74. The second-order valence-electron chi connectivity index (χ2n) is 4.23. The summed E-state index contributed by atoms with van der Waals surface area (Å²) in [5.74, 6) is 1.90. The van der Waals surface area contributed by atoms with Crippen LogP contribution in [0, 0.1) is 5.92 Å². The Morgan fingerprint density at radius 2 is 1.94 bits per heavy atom. The average Bonchev–Trinajstić information content (AvgIpc) is 2.90. The highest BCUT2D eigenvalue weighted by Crippen LogP contribution is 2.38. The second kappa shape index (κ2) is 5.38. The molecule has 17 heavy (non-hydrogen) atoms. The maximum atomic E-state index is 6.31. The fraction of sp³-hybridized carbons (Fsp3) is 0.538. The van der Waals surface area contributed by atoms with Crippen molar-refractivity contribution < 1.29 is 14.2 Å². The van der Waals surface area contributed by atoms with E-state index in [1.807, 2.05) is 18.2 Å². The minimum absolute atomic E-state index is 0.108. The molecule has 0 radical (unpaired) electrons. The van der Waals surface area contributed by atoms with Crippen molar-refractivity contribution >= 4 is 0 Å². The first-order chi connectivity index (χ1) is 8.27. The molecule has 0 amide bonds. The molecule has 1 aromatic carbocycles. The molecule has 1 aromatic rings. The predicted molar refractivity (Wildman–Crippen MR) is 65.4 cm³/mol. The lowest BCUT2D eigenvalue weighted by Crippen LogP contribution is -2.22. The molecule has 0 aliphatic carbocycles. The van der Waals surface area contributed by atoms with E-state index >= 15 is 0 Å². The number of methoxy groups -OCH3 is 2. The topological polar surface area (TPSA) is 53.7 Å². The fourth-order valence-corrected chi connectivity index (χ4v) is 2.28. The summed E-state index contributed by atoms with van der Waals surface area (Å²) in [6.07, 6.45) is 0.988. The summed E-state index contributed by atoms with van der Waals surface area (Å²) in [4.78, 5) is 0. The Kier molecular flexibility index (Phi) is 3.86. The first-order valence-electron chi connectivity index (χ1n) is 5.82. The SMILES string of the molecule is COc1cccc(OC)c1C(N)C1CCOC1. The van der Waals surface area contributed by atoms with Gasteiger partial charge in [-0.25, -0.2) is 0 Å². The quantitative estimate of drug-likeness (QED) is 0.866. The van der Waals surface area contributed by atoms with E-state index in [0.717, 1.165) is 30.1 Å². The second-order valence-corrected chi connectivity index (χ2v) is 4.23. The zero-order valence-corrected chi connectivity index (χ0v) is 10.3. The summed E-state index contributed by atoms with van der Waals surface area (Å²) in [5.41, 5.74) is 7.25. The zero-order valence-electron chi connectivity index (χ0n) is 10.3. The molecular weight excluding hydrogens is 218 g/mol. The van der Waals surface area contributed by atoms with Gasteiger partial charge in [-0.2, -0.15) is 0 Å². The molecule has 1 heterocycles. The normalized spacial score (nSPS) is 21.2.